The van der Waals surface area contributed by atoms with Gasteiger partial charge in [0.25, 0.3) is 0 Å². The lowest BCUT2D eigenvalue weighted by Crippen LogP contribution is -2.23. The molecule has 0 aromatic heterocycles. The number of para-hydroxylation sites is 4. The van der Waals surface area contributed by atoms with E-state index in [4.69, 9.17) is 20.9 Å². The van der Waals surface area contributed by atoms with E-state index in [1.54, 1.807) is 0 Å². The first kappa shape index (κ1) is 32.0. The van der Waals surface area contributed by atoms with Gasteiger partial charge in [-0.3, -0.25) is 0 Å². The highest BCUT2D eigenvalue weighted by atomic mass is 16.5. The zero-order valence-electron chi connectivity index (χ0n) is 26.2. The smallest absolute Gasteiger partial charge is 0.150 e. The van der Waals surface area contributed by atoms with E-state index in [-0.39, 0.29) is 5.41 Å². The van der Waals surface area contributed by atoms with Gasteiger partial charge in [0, 0.05) is 5.41 Å². The van der Waals surface area contributed by atoms with Crippen molar-refractivity contribution in [2.75, 3.05) is 11.5 Å². The molecule has 4 aromatic carbocycles. The van der Waals surface area contributed by atoms with Crippen LogP contribution in [0.2, 0.25) is 0 Å². The summed E-state index contributed by atoms with van der Waals surface area (Å²) in [6, 6.07) is 32.2. The average Bonchev–Trinajstić information content (AvgIpc) is 3.03. The minimum atomic E-state index is -0.145. The average molecular weight is 579 g/mol. The van der Waals surface area contributed by atoms with Gasteiger partial charge in [0.05, 0.1) is 11.4 Å². The summed E-state index contributed by atoms with van der Waals surface area (Å²) in [5.41, 5.74) is 15.9. The number of nitrogen functional groups attached to an aromatic ring is 2. The molecule has 4 aromatic rings. The predicted molar refractivity (Wildman–Crippen MR) is 182 cm³/mol. The summed E-state index contributed by atoms with van der Waals surface area (Å²) in [5, 5.41) is 0. The van der Waals surface area contributed by atoms with E-state index in [0.717, 1.165) is 17.9 Å². The summed E-state index contributed by atoms with van der Waals surface area (Å²) in [7, 11) is 0. The molecular weight excluding hydrogens is 528 g/mol. The highest BCUT2D eigenvalue weighted by molar-refractivity contribution is 5.55. The zero-order valence-corrected chi connectivity index (χ0v) is 26.2. The monoisotopic (exact) mass is 578 g/mol. The first-order valence-electron chi connectivity index (χ1n) is 16.3. The lowest BCUT2D eigenvalue weighted by molar-refractivity contribution is 0.462. The number of hydrogen-bond donors (Lipinski definition) is 2. The van der Waals surface area contributed by atoms with Crippen LogP contribution in [0, 0.1) is 0 Å². The molecule has 43 heavy (non-hydrogen) atoms. The molecular formula is C39H50N2O2. The second-order valence-electron chi connectivity index (χ2n) is 11.9. The standard InChI is InChI=1S/C39H50N2O2/c1-3-4-5-6-7-8-9-10-11-12-17-30-39(2,31-22-26-33(27-23-31)42-37-20-15-13-18-35(37)40)32-24-28-34(29-25-32)43-38-21-16-14-19-36(38)41/h13-16,18-29H,3-12,17,30,40-41H2,1-2H3. The van der Waals surface area contributed by atoms with E-state index in [2.05, 4.69) is 62.4 Å². The van der Waals surface area contributed by atoms with Gasteiger partial charge in [-0.2, -0.15) is 0 Å². The third-order valence-electron chi connectivity index (χ3n) is 8.56. The van der Waals surface area contributed by atoms with E-state index < -0.39 is 0 Å². The lowest BCUT2D eigenvalue weighted by Gasteiger charge is -2.31. The molecule has 228 valence electrons. The van der Waals surface area contributed by atoms with Crippen molar-refractivity contribution in [3.63, 3.8) is 0 Å². The second kappa shape index (κ2) is 16.6. The van der Waals surface area contributed by atoms with Crippen LogP contribution in [0.3, 0.4) is 0 Å². The van der Waals surface area contributed by atoms with Crippen LogP contribution in [0.15, 0.2) is 97.1 Å². The summed E-state index contributed by atoms with van der Waals surface area (Å²) in [6.07, 6.45) is 15.8. The van der Waals surface area contributed by atoms with Gasteiger partial charge >= 0.3 is 0 Å². The zero-order chi connectivity index (χ0) is 30.3. The Bertz CT molecular complexity index is 1270. The molecule has 0 amide bonds. The van der Waals surface area contributed by atoms with Crippen molar-refractivity contribution in [2.24, 2.45) is 0 Å². The van der Waals surface area contributed by atoms with E-state index in [9.17, 15) is 0 Å². The van der Waals surface area contributed by atoms with E-state index in [1.807, 2.05) is 48.5 Å². The molecule has 0 unspecified atom stereocenters. The van der Waals surface area contributed by atoms with Crippen LogP contribution in [-0.4, -0.2) is 0 Å². The van der Waals surface area contributed by atoms with Crippen LogP contribution >= 0.6 is 0 Å². The highest BCUT2D eigenvalue weighted by Crippen LogP contribution is 2.40. The van der Waals surface area contributed by atoms with Gasteiger partial charge in [0.2, 0.25) is 0 Å². The Hall–Kier alpha value is -3.92. The van der Waals surface area contributed by atoms with Crippen LogP contribution in [0.5, 0.6) is 23.0 Å². The summed E-state index contributed by atoms with van der Waals surface area (Å²) < 4.78 is 12.2. The van der Waals surface area contributed by atoms with Crippen molar-refractivity contribution >= 4 is 11.4 Å². The van der Waals surface area contributed by atoms with Crippen molar-refractivity contribution in [3.8, 4) is 23.0 Å². The fourth-order valence-electron chi connectivity index (χ4n) is 5.78. The molecule has 0 saturated carbocycles. The Morgan fingerprint density at radius 2 is 0.860 bits per heavy atom. The van der Waals surface area contributed by atoms with Gasteiger partial charge < -0.3 is 20.9 Å². The van der Waals surface area contributed by atoms with Gasteiger partial charge in [0.15, 0.2) is 0 Å². The third-order valence-corrected chi connectivity index (χ3v) is 8.56. The third kappa shape index (κ3) is 9.54. The largest absolute Gasteiger partial charge is 0.455 e. The molecule has 0 fully saturated rings. The van der Waals surface area contributed by atoms with Crippen LogP contribution in [0.1, 0.15) is 102 Å². The topological polar surface area (TPSA) is 70.5 Å². The Balaban J connectivity index is 1.42. The Morgan fingerprint density at radius 1 is 0.488 bits per heavy atom. The van der Waals surface area contributed by atoms with E-state index in [0.29, 0.717) is 22.9 Å². The van der Waals surface area contributed by atoms with Crippen LogP contribution in [-0.2, 0) is 5.41 Å². The maximum atomic E-state index is 6.10. The summed E-state index contributed by atoms with van der Waals surface area (Å²) in [6.45, 7) is 4.64. The van der Waals surface area contributed by atoms with Crippen LogP contribution < -0.4 is 20.9 Å². The lowest BCUT2D eigenvalue weighted by atomic mass is 9.72. The van der Waals surface area contributed by atoms with Crippen molar-refractivity contribution in [2.45, 2.75) is 96.3 Å². The summed E-state index contributed by atoms with van der Waals surface area (Å²) in [5.74, 6) is 2.91. The fourth-order valence-corrected chi connectivity index (χ4v) is 5.78. The van der Waals surface area contributed by atoms with Crippen molar-refractivity contribution < 1.29 is 9.47 Å². The van der Waals surface area contributed by atoms with E-state index >= 15 is 0 Å². The molecule has 0 heterocycles. The summed E-state index contributed by atoms with van der Waals surface area (Å²) in [4.78, 5) is 0. The van der Waals surface area contributed by atoms with Gasteiger partial charge in [-0.25, -0.2) is 0 Å². The molecule has 0 saturated heterocycles. The maximum Gasteiger partial charge on any atom is 0.150 e. The molecule has 0 radical (unpaired) electrons. The number of ether oxygens (including phenoxy) is 2. The highest BCUT2D eigenvalue weighted by Gasteiger charge is 2.28. The molecule has 4 rings (SSSR count). The normalized spacial score (nSPS) is 11.4. The molecule has 0 spiro atoms. The molecule has 0 bridgehead atoms. The SMILES string of the molecule is CCCCCCCCCCCCCC(C)(c1ccc(Oc2ccccc2N)cc1)c1ccc(Oc2ccccc2N)cc1. The molecule has 4 nitrogen and oxygen atoms in total. The van der Waals surface area contributed by atoms with Crippen molar-refractivity contribution in [1.82, 2.24) is 0 Å². The minimum Gasteiger partial charge on any atom is -0.455 e. The van der Waals surface area contributed by atoms with Crippen molar-refractivity contribution in [3.05, 3.63) is 108 Å². The van der Waals surface area contributed by atoms with Crippen LogP contribution in [0.4, 0.5) is 11.4 Å². The number of hydrogen-bond acceptors (Lipinski definition) is 4. The number of anilines is 2. The maximum absolute atomic E-state index is 6.10. The summed E-state index contributed by atoms with van der Waals surface area (Å²) >= 11 is 0. The first-order chi connectivity index (χ1) is 21.0. The fraction of sp³-hybridized carbons (Fsp3) is 0.385. The predicted octanol–water partition coefficient (Wildman–Crippen LogP) is 11.4. The number of unbranched alkanes of at least 4 members (excludes halogenated alkanes) is 10. The first-order valence-corrected chi connectivity index (χ1v) is 16.3. The van der Waals surface area contributed by atoms with Gasteiger partial charge in [0.1, 0.15) is 23.0 Å². The van der Waals surface area contributed by atoms with Gasteiger partial charge in [-0.05, 0) is 66.1 Å². The molecule has 0 aliphatic carbocycles. The molecule has 0 atom stereocenters. The molecule has 4 heteroatoms. The number of rotatable bonds is 18. The number of benzene rings is 4. The van der Waals surface area contributed by atoms with E-state index in [1.165, 1.54) is 81.8 Å². The van der Waals surface area contributed by atoms with Gasteiger partial charge in [-0.15, -0.1) is 0 Å². The van der Waals surface area contributed by atoms with Crippen LogP contribution in [0.25, 0.3) is 0 Å². The second-order valence-corrected chi connectivity index (χ2v) is 11.9. The Morgan fingerprint density at radius 3 is 1.26 bits per heavy atom. The molecule has 0 aliphatic rings. The molecule has 0 aliphatic heterocycles. The number of nitrogens with two attached hydrogens (primary N) is 2. The molecule has 4 N–H and O–H groups in total. The van der Waals surface area contributed by atoms with Crippen molar-refractivity contribution in [1.29, 1.82) is 0 Å². The Kier molecular flexibility index (Phi) is 12.4. The Labute approximate surface area is 259 Å². The minimum absolute atomic E-state index is 0.145. The van der Waals surface area contributed by atoms with Gasteiger partial charge in [-0.1, -0.05) is 133 Å². The quantitative estimate of drug-likeness (QED) is 0.0910.